The number of fused-ring (bicyclic) bond motifs is 4. The third kappa shape index (κ3) is 3.38. The summed E-state index contributed by atoms with van der Waals surface area (Å²) in [6, 6.07) is 14.0. The Bertz CT molecular complexity index is 924. The van der Waals surface area contributed by atoms with Crippen LogP contribution in [0, 0.1) is 5.41 Å². The van der Waals surface area contributed by atoms with Crippen molar-refractivity contribution in [1.82, 2.24) is 10.2 Å². The summed E-state index contributed by atoms with van der Waals surface area (Å²) in [5, 5.41) is 15.7. The second-order valence-electron chi connectivity index (χ2n) is 8.52. The van der Waals surface area contributed by atoms with Gasteiger partial charge in [-0.15, -0.1) is 0 Å². The van der Waals surface area contributed by atoms with Gasteiger partial charge in [0.05, 0.1) is 11.4 Å². The Kier molecular flexibility index (Phi) is 4.70. The molecule has 2 unspecified atom stereocenters. The second-order valence-corrected chi connectivity index (χ2v) is 8.52. The van der Waals surface area contributed by atoms with Crippen LogP contribution in [0.5, 0.6) is 11.5 Å². The highest BCUT2D eigenvalue weighted by Gasteiger charge is 2.34. The van der Waals surface area contributed by atoms with Gasteiger partial charge in [0, 0.05) is 30.7 Å². The Morgan fingerprint density at radius 3 is 2.34 bits per heavy atom. The summed E-state index contributed by atoms with van der Waals surface area (Å²) in [4.78, 5) is 2.05. The predicted molar refractivity (Wildman–Crippen MR) is 118 cm³/mol. The molecule has 5 heteroatoms. The first-order valence-corrected chi connectivity index (χ1v) is 11.0. The Hall–Kier alpha value is -2.53. The van der Waals surface area contributed by atoms with Crippen molar-refractivity contribution >= 4 is 17.2 Å². The average molecular weight is 391 g/mol. The van der Waals surface area contributed by atoms with E-state index in [4.69, 9.17) is 10.1 Å². The molecule has 0 aromatic heterocycles. The number of nitrogens with zero attached hydrogens (tertiary/aromatic N) is 1. The smallest absolute Gasteiger partial charge is 0.151 e. The molecule has 3 aliphatic heterocycles. The number of hydrogen-bond acceptors (Lipinski definition) is 4. The van der Waals surface area contributed by atoms with Gasteiger partial charge in [-0.2, -0.15) is 0 Å². The van der Waals surface area contributed by atoms with Gasteiger partial charge in [-0.05, 0) is 81.3 Å². The fourth-order valence-electron chi connectivity index (χ4n) is 5.15. The van der Waals surface area contributed by atoms with E-state index in [-0.39, 0.29) is 0 Å². The lowest BCUT2D eigenvalue weighted by atomic mass is 9.86. The van der Waals surface area contributed by atoms with Crippen LogP contribution in [-0.4, -0.2) is 35.9 Å². The molecule has 0 radical (unpaired) electrons. The molecule has 2 aromatic carbocycles. The van der Waals surface area contributed by atoms with Crippen molar-refractivity contribution in [3.05, 3.63) is 47.5 Å². The maximum atomic E-state index is 8.50. The number of ether oxygens (including phenoxy) is 1. The van der Waals surface area contributed by atoms with Crippen molar-refractivity contribution < 1.29 is 4.74 Å². The molecule has 5 rings (SSSR count). The second kappa shape index (κ2) is 7.38. The molecular weight excluding hydrogens is 360 g/mol. The van der Waals surface area contributed by atoms with Crippen LogP contribution in [0.1, 0.15) is 56.6 Å². The van der Waals surface area contributed by atoms with Crippen LogP contribution in [0.4, 0.5) is 11.4 Å². The number of nitrogens with one attached hydrogen (secondary N) is 3. The van der Waals surface area contributed by atoms with Gasteiger partial charge in [0.1, 0.15) is 5.84 Å². The number of rotatable bonds is 4. The van der Waals surface area contributed by atoms with E-state index in [9.17, 15) is 0 Å². The lowest BCUT2D eigenvalue weighted by molar-refractivity contribution is 0.362. The molecular formula is C24H30N4O. The summed E-state index contributed by atoms with van der Waals surface area (Å²) in [5.74, 6) is 2.86. The summed E-state index contributed by atoms with van der Waals surface area (Å²) < 4.78 is 6.32. The quantitative estimate of drug-likeness (QED) is 0.423. The third-order valence-corrected chi connectivity index (χ3v) is 6.77. The van der Waals surface area contributed by atoms with Crippen molar-refractivity contribution in [3.8, 4) is 11.5 Å². The number of amidine groups is 1. The Balaban J connectivity index is 1.39. The third-order valence-electron chi connectivity index (χ3n) is 6.77. The molecule has 0 spiro atoms. The Morgan fingerprint density at radius 1 is 1.00 bits per heavy atom. The number of anilines is 2. The maximum absolute atomic E-state index is 8.50. The highest BCUT2D eigenvalue weighted by Crippen LogP contribution is 2.45. The normalized spacial score (nSPS) is 24.1. The molecule has 3 heterocycles. The van der Waals surface area contributed by atoms with E-state index in [1.165, 1.54) is 31.2 Å². The fraction of sp³-hybridized carbons (Fsp3) is 0.458. The lowest BCUT2D eigenvalue weighted by Crippen LogP contribution is -2.37. The monoisotopic (exact) mass is 390 g/mol. The van der Waals surface area contributed by atoms with Crippen LogP contribution in [0.15, 0.2) is 36.4 Å². The van der Waals surface area contributed by atoms with Crippen molar-refractivity contribution in [2.45, 2.75) is 57.5 Å². The van der Waals surface area contributed by atoms with Crippen LogP contribution < -0.4 is 15.4 Å². The number of piperidine rings is 1. The molecule has 0 aliphatic carbocycles. The minimum Gasteiger partial charge on any atom is -0.453 e. The zero-order chi connectivity index (χ0) is 20.0. The highest BCUT2D eigenvalue weighted by molar-refractivity contribution is 5.97. The molecule has 2 fully saturated rings. The van der Waals surface area contributed by atoms with E-state index < -0.39 is 0 Å². The Labute approximate surface area is 173 Å². The topological polar surface area (TPSA) is 60.4 Å². The van der Waals surface area contributed by atoms with Crippen LogP contribution in [-0.2, 0) is 0 Å². The van der Waals surface area contributed by atoms with Crippen molar-refractivity contribution in [1.29, 1.82) is 5.41 Å². The minimum absolute atomic E-state index is 0.547. The van der Waals surface area contributed by atoms with Gasteiger partial charge >= 0.3 is 0 Å². The van der Waals surface area contributed by atoms with E-state index >= 15 is 0 Å². The number of hydrogen-bond donors (Lipinski definition) is 3. The van der Waals surface area contributed by atoms with E-state index in [0.29, 0.717) is 23.8 Å². The summed E-state index contributed by atoms with van der Waals surface area (Å²) >= 11 is 0. The molecule has 3 aliphatic rings. The molecule has 0 amide bonds. The zero-order valence-corrected chi connectivity index (χ0v) is 17.3. The van der Waals surface area contributed by atoms with Gasteiger partial charge in [-0.1, -0.05) is 6.07 Å². The zero-order valence-electron chi connectivity index (χ0n) is 17.3. The summed E-state index contributed by atoms with van der Waals surface area (Å²) in [5.41, 5.74) is 4.26. The molecule has 2 atom stereocenters. The average Bonchev–Trinajstić information content (AvgIpc) is 3.09. The van der Waals surface area contributed by atoms with E-state index in [0.717, 1.165) is 41.5 Å². The summed E-state index contributed by atoms with van der Waals surface area (Å²) in [7, 11) is 0. The molecule has 2 bridgehead atoms. The van der Waals surface area contributed by atoms with E-state index in [1.807, 2.05) is 18.2 Å². The van der Waals surface area contributed by atoms with Gasteiger partial charge in [-0.3, -0.25) is 5.41 Å². The minimum atomic E-state index is 0.547. The SMILES string of the molecule is CCN(CC)C(=N)c1ccc2c(c1)Oc1cc(C3CC4CCC(C3)N4)ccc1N2. The Morgan fingerprint density at radius 2 is 1.66 bits per heavy atom. The van der Waals surface area contributed by atoms with Crippen LogP contribution in [0.3, 0.4) is 0 Å². The molecule has 3 N–H and O–H groups in total. The van der Waals surface area contributed by atoms with Gasteiger partial charge in [0.2, 0.25) is 0 Å². The van der Waals surface area contributed by atoms with Gasteiger partial charge in [0.25, 0.3) is 0 Å². The maximum Gasteiger partial charge on any atom is 0.151 e. The first-order valence-electron chi connectivity index (χ1n) is 11.0. The van der Waals surface area contributed by atoms with Gasteiger partial charge in [-0.25, -0.2) is 0 Å². The van der Waals surface area contributed by atoms with Crippen LogP contribution in [0.25, 0.3) is 0 Å². The fourth-order valence-corrected chi connectivity index (χ4v) is 5.15. The van der Waals surface area contributed by atoms with Crippen LogP contribution in [0.2, 0.25) is 0 Å². The van der Waals surface area contributed by atoms with Crippen molar-refractivity contribution in [3.63, 3.8) is 0 Å². The van der Waals surface area contributed by atoms with Gasteiger partial charge < -0.3 is 20.3 Å². The first-order chi connectivity index (χ1) is 14.1. The molecule has 5 nitrogen and oxygen atoms in total. The molecule has 152 valence electrons. The van der Waals surface area contributed by atoms with Crippen molar-refractivity contribution in [2.75, 3.05) is 18.4 Å². The van der Waals surface area contributed by atoms with E-state index in [1.54, 1.807) is 0 Å². The highest BCUT2D eigenvalue weighted by atomic mass is 16.5. The molecule has 2 saturated heterocycles. The molecule has 2 aromatic rings. The summed E-state index contributed by atoms with van der Waals surface area (Å²) in [6.07, 6.45) is 5.09. The standard InChI is InChI=1S/C24H30N4O/c1-3-28(4-2)24(25)16-6-10-21-23(14-16)29-22-13-15(5-9-20(22)27-21)17-11-18-7-8-19(12-17)26-18/h5-6,9-10,13-14,17-19,25-27H,3-4,7-8,11-12H2,1-2H3. The van der Waals surface area contributed by atoms with E-state index in [2.05, 4.69) is 47.6 Å². The predicted octanol–water partition coefficient (Wildman–Crippen LogP) is 5.20. The van der Waals surface area contributed by atoms with Crippen molar-refractivity contribution in [2.24, 2.45) is 0 Å². The first kappa shape index (κ1) is 18.5. The lowest BCUT2D eigenvalue weighted by Gasteiger charge is -2.30. The molecule has 0 saturated carbocycles. The molecule has 29 heavy (non-hydrogen) atoms. The largest absolute Gasteiger partial charge is 0.453 e. The number of benzene rings is 2. The van der Waals surface area contributed by atoms with Crippen LogP contribution >= 0.6 is 0 Å². The summed E-state index contributed by atoms with van der Waals surface area (Å²) in [6.45, 7) is 5.82. The van der Waals surface area contributed by atoms with Gasteiger partial charge in [0.15, 0.2) is 11.5 Å².